The van der Waals surface area contributed by atoms with Gasteiger partial charge in [-0.05, 0) is 6.07 Å². The zero-order valence-electron chi connectivity index (χ0n) is 7.85. The van der Waals surface area contributed by atoms with E-state index >= 15 is 0 Å². The largest absolute Gasteiger partial charge is 0.433 e. The number of anilines is 1. The average molecular weight is 241 g/mol. The molecule has 1 heterocycles. The molecule has 1 aromatic heterocycles. The monoisotopic (exact) mass is 241 g/mol. The van der Waals surface area contributed by atoms with Gasteiger partial charge in [0.15, 0.2) is 5.69 Å². The molecule has 0 atom stereocenters. The number of hydrogen-bond acceptors (Lipinski definition) is 3. The minimum absolute atomic E-state index is 0.611. The van der Waals surface area contributed by atoms with Crippen LogP contribution in [0, 0.1) is 0 Å². The fourth-order valence-corrected chi connectivity index (χ4v) is 1.26. The maximum atomic E-state index is 12.5. The molecule has 0 aromatic carbocycles. The van der Waals surface area contributed by atoms with Crippen molar-refractivity contribution in [2.45, 2.75) is 19.1 Å². The highest BCUT2D eigenvalue weighted by Crippen LogP contribution is 2.35. The lowest BCUT2D eigenvalue weighted by Gasteiger charge is -2.15. The van der Waals surface area contributed by atoms with Crippen molar-refractivity contribution in [1.29, 1.82) is 0 Å². The van der Waals surface area contributed by atoms with E-state index in [1.54, 1.807) is 0 Å². The summed E-state index contributed by atoms with van der Waals surface area (Å²) in [6.07, 6.45) is -7.93. The molecule has 3 nitrogen and oxygen atoms in total. The minimum Gasteiger partial charge on any atom is -0.384 e. The predicted molar refractivity (Wildman–Crippen MR) is 46.5 cm³/mol. The average Bonchev–Trinajstić information content (AvgIpc) is 2.14. The second-order valence-electron chi connectivity index (χ2n) is 2.97. The van der Waals surface area contributed by atoms with E-state index in [0.29, 0.717) is 6.07 Å². The van der Waals surface area contributed by atoms with Crippen LogP contribution in [0.3, 0.4) is 0 Å². The van der Waals surface area contributed by atoms with Gasteiger partial charge >= 0.3 is 6.18 Å². The van der Waals surface area contributed by atoms with Crippen LogP contribution in [0.1, 0.15) is 23.2 Å². The van der Waals surface area contributed by atoms with Crippen LogP contribution in [-0.4, -0.2) is 4.98 Å². The van der Waals surface area contributed by atoms with Gasteiger partial charge in [0.05, 0.1) is 0 Å². The molecule has 0 aliphatic heterocycles. The Balaban J connectivity index is 3.49. The Labute approximate surface area is 87.3 Å². The van der Waals surface area contributed by atoms with Gasteiger partial charge in [-0.3, -0.25) is 0 Å². The predicted octanol–water partition coefficient (Wildman–Crippen LogP) is 2.08. The summed E-state index contributed by atoms with van der Waals surface area (Å²) in [6, 6.07) is 0.697. The summed E-state index contributed by atoms with van der Waals surface area (Å²) in [4.78, 5) is 3.00. The van der Waals surface area contributed by atoms with Crippen LogP contribution in [0.5, 0.6) is 0 Å². The molecule has 16 heavy (non-hydrogen) atoms. The summed E-state index contributed by atoms with van der Waals surface area (Å²) in [5, 5.41) is 0. The second kappa shape index (κ2) is 4.20. The van der Waals surface area contributed by atoms with Gasteiger partial charge in [0.2, 0.25) is 0 Å². The number of nitrogen functional groups attached to an aromatic ring is 1. The Kier molecular flexibility index (Phi) is 3.32. The van der Waals surface area contributed by atoms with Crippen molar-refractivity contribution in [2.24, 2.45) is 5.73 Å². The van der Waals surface area contributed by atoms with Crippen LogP contribution in [0.25, 0.3) is 0 Å². The molecule has 4 N–H and O–H groups in total. The van der Waals surface area contributed by atoms with Crippen LogP contribution in [0.15, 0.2) is 6.07 Å². The summed E-state index contributed by atoms with van der Waals surface area (Å²) >= 11 is 0. The van der Waals surface area contributed by atoms with E-state index in [1.165, 1.54) is 0 Å². The summed E-state index contributed by atoms with van der Waals surface area (Å²) in [7, 11) is 0. The molecule has 0 amide bonds. The zero-order chi connectivity index (χ0) is 12.5. The molecular weight excluding hydrogens is 233 g/mol. The van der Waals surface area contributed by atoms with Gasteiger partial charge in [0.25, 0.3) is 6.43 Å². The molecule has 0 bridgehead atoms. The van der Waals surface area contributed by atoms with Crippen LogP contribution >= 0.6 is 0 Å². The van der Waals surface area contributed by atoms with Crippen molar-refractivity contribution in [1.82, 2.24) is 4.98 Å². The van der Waals surface area contributed by atoms with Crippen LogP contribution < -0.4 is 11.5 Å². The van der Waals surface area contributed by atoms with Gasteiger partial charge in [-0.15, -0.1) is 0 Å². The van der Waals surface area contributed by atoms with Crippen LogP contribution in [-0.2, 0) is 12.7 Å². The van der Waals surface area contributed by atoms with E-state index in [-0.39, 0.29) is 0 Å². The number of nitrogens with two attached hydrogens (primary N) is 2. The fraction of sp³-hybridized carbons (Fsp3) is 0.375. The highest BCUT2D eigenvalue weighted by molar-refractivity contribution is 5.43. The number of aromatic nitrogens is 1. The third-order valence-corrected chi connectivity index (χ3v) is 1.89. The molecule has 90 valence electrons. The molecule has 0 radical (unpaired) electrons. The van der Waals surface area contributed by atoms with Gasteiger partial charge in [-0.25, -0.2) is 13.8 Å². The highest BCUT2D eigenvalue weighted by atomic mass is 19.4. The van der Waals surface area contributed by atoms with Crippen LogP contribution in [0.2, 0.25) is 0 Å². The van der Waals surface area contributed by atoms with Gasteiger partial charge in [0, 0.05) is 17.7 Å². The quantitative estimate of drug-likeness (QED) is 0.779. The summed E-state index contributed by atoms with van der Waals surface area (Å²) < 4.78 is 62.2. The van der Waals surface area contributed by atoms with Gasteiger partial charge in [-0.2, -0.15) is 13.2 Å². The lowest BCUT2D eigenvalue weighted by Crippen LogP contribution is -2.18. The molecule has 0 aliphatic rings. The first kappa shape index (κ1) is 12.6. The van der Waals surface area contributed by atoms with E-state index in [2.05, 4.69) is 4.98 Å². The van der Waals surface area contributed by atoms with E-state index in [0.717, 1.165) is 0 Å². The SMILES string of the molecule is NCc1c(C(F)F)cc(N)nc1C(F)(F)F. The van der Waals surface area contributed by atoms with Crippen molar-refractivity contribution in [2.75, 3.05) is 5.73 Å². The Morgan fingerprint density at radius 1 is 1.31 bits per heavy atom. The normalized spacial score (nSPS) is 12.2. The molecule has 1 aromatic rings. The second-order valence-corrected chi connectivity index (χ2v) is 2.97. The lowest BCUT2D eigenvalue weighted by molar-refractivity contribution is -0.141. The number of hydrogen-bond donors (Lipinski definition) is 2. The zero-order valence-corrected chi connectivity index (χ0v) is 7.85. The Bertz CT molecular complexity index is 388. The summed E-state index contributed by atoms with van der Waals surface area (Å²) in [5.41, 5.74) is 7.04. The Morgan fingerprint density at radius 3 is 2.25 bits per heavy atom. The van der Waals surface area contributed by atoms with E-state index in [1.807, 2.05) is 0 Å². The van der Waals surface area contributed by atoms with E-state index in [4.69, 9.17) is 11.5 Å². The lowest BCUT2D eigenvalue weighted by atomic mass is 10.1. The van der Waals surface area contributed by atoms with Crippen molar-refractivity contribution in [3.8, 4) is 0 Å². The summed E-state index contributed by atoms with van der Waals surface area (Å²) in [6.45, 7) is -0.679. The molecular formula is C8H8F5N3. The number of alkyl halides is 5. The molecule has 0 saturated heterocycles. The smallest absolute Gasteiger partial charge is 0.384 e. The van der Waals surface area contributed by atoms with E-state index in [9.17, 15) is 22.0 Å². The maximum absolute atomic E-state index is 12.5. The molecule has 8 heteroatoms. The third kappa shape index (κ3) is 2.38. The fourth-order valence-electron chi connectivity index (χ4n) is 1.26. The topological polar surface area (TPSA) is 64.9 Å². The highest BCUT2D eigenvalue weighted by Gasteiger charge is 2.37. The van der Waals surface area contributed by atoms with Crippen molar-refractivity contribution in [3.05, 3.63) is 22.9 Å². The summed E-state index contributed by atoms with van der Waals surface area (Å²) in [5.74, 6) is -0.611. The first-order valence-corrected chi connectivity index (χ1v) is 4.12. The Morgan fingerprint density at radius 2 is 1.88 bits per heavy atom. The van der Waals surface area contributed by atoms with Crippen molar-refractivity contribution >= 4 is 5.82 Å². The minimum atomic E-state index is -4.85. The molecule has 0 fully saturated rings. The van der Waals surface area contributed by atoms with E-state index < -0.39 is 41.8 Å². The molecule has 1 rings (SSSR count). The molecule has 0 unspecified atom stereocenters. The number of halogens is 5. The van der Waals surface area contributed by atoms with Crippen molar-refractivity contribution < 1.29 is 22.0 Å². The van der Waals surface area contributed by atoms with Crippen LogP contribution in [0.4, 0.5) is 27.8 Å². The van der Waals surface area contributed by atoms with Gasteiger partial charge in [-0.1, -0.05) is 0 Å². The number of pyridine rings is 1. The third-order valence-electron chi connectivity index (χ3n) is 1.89. The van der Waals surface area contributed by atoms with Crippen molar-refractivity contribution in [3.63, 3.8) is 0 Å². The maximum Gasteiger partial charge on any atom is 0.433 e. The molecule has 0 aliphatic carbocycles. The number of nitrogens with zero attached hydrogens (tertiary/aromatic N) is 1. The molecule has 0 spiro atoms. The Hall–Kier alpha value is -1.44. The van der Waals surface area contributed by atoms with Gasteiger partial charge < -0.3 is 11.5 Å². The first-order valence-electron chi connectivity index (χ1n) is 4.12. The standard InChI is InChI=1S/C8H8F5N3/c9-7(10)3-1-5(15)16-6(4(3)2-14)8(11,12)13/h1,7H,2,14H2,(H2,15,16). The first-order chi connectivity index (χ1) is 7.27. The van der Waals surface area contributed by atoms with Gasteiger partial charge in [0.1, 0.15) is 5.82 Å². The molecule has 0 saturated carbocycles. The number of rotatable bonds is 2.